The van der Waals surface area contributed by atoms with Crippen molar-refractivity contribution in [1.29, 1.82) is 0 Å². The number of unbranched alkanes of at least 4 members (excludes halogenated alkanes) is 5. The van der Waals surface area contributed by atoms with Gasteiger partial charge in [0.2, 0.25) is 23.6 Å². The number of anilines is 1. The lowest BCUT2D eigenvalue weighted by Crippen LogP contribution is -2.57. The third kappa shape index (κ3) is 14.3. The highest BCUT2D eigenvalue weighted by Crippen LogP contribution is 2.30. The molecule has 0 bridgehead atoms. The molecule has 3 aromatic carbocycles. The zero-order valence-corrected chi connectivity index (χ0v) is 38.4. The standard InChI is InChI=1S/C49H65N7O6S/c1-7-28-51-55-46(60)38-22-18-35(19-23-38)36-24-26-39(27-25-36)53-42(58)14-12-10-8-9-11-13-15-43(59)54-45(49(4,5)6)48(62)56-30-40(57)29-41(56)47(61)52-32(2)34-16-20-37(21-17-34)44-33(3)50-31-63-44/h16-27,31-32,40-41,45,51,57H,7-15,28-30H2,1-6H3,(H,52,61)(H,53,58)(H,54,59)(H,55,60). The maximum atomic E-state index is 14.0. The van der Waals surface area contributed by atoms with Crippen molar-refractivity contribution in [3.63, 3.8) is 0 Å². The number of aliphatic hydroxyl groups is 1. The van der Waals surface area contributed by atoms with Gasteiger partial charge in [-0.15, -0.1) is 11.3 Å². The zero-order valence-electron chi connectivity index (χ0n) is 37.6. The summed E-state index contributed by atoms with van der Waals surface area (Å²) in [7, 11) is 0. The monoisotopic (exact) mass is 879 g/mol. The van der Waals surface area contributed by atoms with Gasteiger partial charge in [-0.25, -0.2) is 10.4 Å². The minimum Gasteiger partial charge on any atom is -0.391 e. The lowest BCUT2D eigenvalue weighted by Gasteiger charge is -2.35. The van der Waals surface area contributed by atoms with Gasteiger partial charge < -0.3 is 26.0 Å². The van der Waals surface area contributed by atoms with E-state index in [1.54, 1.807) is 23.5 Å². The van der Waals surface area contributed by atoms with Crippen molar-refractivity contribution >= 4 is 46.6 Å². The molecule has 1 aromatic heterocycles. The number of hydrogen-bond acceptors (Lipinski definition) is 9. The molecule has 6 N–H and O–H groups in total. The molecule has 14 heteroatoms. The summed E-state index contributed by atoms with van der Waals surface area (Å²) in [6, 6.07) is 20.9. The van der Waals surface area contributed by atoms with E-state index < -0.39 is 23.6 Å². The number of amides is 5. The summed E-state index contributed by atoms with van der Waals surface area (Å²) in [5, 5.41) is 19.6. The number of aryl methyl sites for hydroxylation is 1. The van der Waals surface area contributed by atoms with Crippen LogP contribution in [0, 0.1) is 12.3 Å². The maximum absolute atomic E-state index is 14.0. The molecule has 1 aliphatic heterocycles. The van der Waals surface area contributed by atoms with Gasteiger partial charge in [0.05, 0.1) is 28.2 Å². The van der Waals surface area contributed by atoms with Crippen LogP contribution in [-0.2, 0) is 19.2 Å². The van der Waals surface area contributed by atoms with Gasteiger partial charge in [0.15, 0.2) is 0 Å². The number of likely N-dealkylation sites (tertiary alicyclic amines) is 1. The number of hydrogen-bond donors (Lipinski definition) is 6. The molecule has 63 heavy (non-hydrogen) atoms. The lowest BCUT2D eigenvalue weighted by molar-refractivity contribution is -0.144. The molecule has 5 amide bonds. The Morgan fingerprint density at radius 2 is 1.40 bits per heavy atom. The Balaban J connectivity index is 0.987. The second-order valence-electron chi connectivity index (χ2n) is 17.6. The number of carbonyl (C=O) groups is 5. The minimum absolute atomic E-state index is 0.0167. The Morgan fingerprint density at radius 1 is 0.810 bits per heavy atom. The second kappa shape index (κ2) is 23.3. The van der Waals surface area contributed by atoms with Gasteiger partial charge >= 0.3 is 0 Å². The van der Waals surface area contributed by atoms with Crippen LogP contribution in [0.5, 0.6) is 0 Å². The highest BCUT2D eigenvalue weighted by molar-refractivity contribution is 7.13. The fraction of sp³-hybridized carbons (Fsp3) is 0.469. The van der Waals surface area contributed by atoms with Crippen LogP contribution >= 0.6 is 11.3 Å². The first-order valence-corrected chi connectivity index (χ1v) is 23.1. The number of β-amino-alcohol motifs (C(OH)–C–C–N with tert-alkyl or cyclic N) is 1. The van der Waals surface area contributed by atoms with Crippen LogP contribution < -0.4 is 26.8 Å². The van der Waals surface area contributed by atoms with Crippen molar-refractivity contribution in [2.45, 2.75) is 130 Å². The predicted molar refractivity (Wildman–Crippen MR) is 250 cm³/mol. The van der Waals surface area contributed by atoms with Crippen LogP contribution in [0.3, 0.4) is 0 Å². The van der Waals surface area contributed by atoms with Crippen LogP contribution in [0.15, 0.2) is 78.3 Å². The molecular weight excluding hydrogens is 815 g/mol. The van der Waals surface area contributed by atoms with E-state index in [0.717, 1.165) is 77.0 Å². The number of nitrogens with zero attached hydrogens (tertiary/aromatic N) is 2. The van der Waals surface area contributed by atoms with Crippen LogP contribution in [-0.4, -0.2) is 75.8 Å². The van der Waals surface area contributed by atoms with Crippen molar-refractivity contribution < 1.29 is 29.1 Å². The number of thiazole rings is 1. The first kappa shape index (κ1) is 48.6. The molecule has 2 heterocycles. The number of aromatic nitrogens is 1. The highest BCUT2D eigenvalue weighted by atomic mass is 32.1. The molecule has 0 saturated carbocycles. The van der Waals surface area contributed by atoms with Crippen molar-refractivity contribution in [1.82, 2.24) is 31.4 Å². The van der Waals surface area contributed by atoms with E-state index in [4.69, 9.17) is 0 Å². The van der Waals surface area contributed by atoms with Crippen molar-refractivity contribution in [3.8, 4) is 21.6 Å². The Hall–Kier alpha value is -5.44. The molecule has 0 aliphatic carbocycles. The average molecular weight is 880 g/mol. The molecule has 13 nitrogen and oxygen atoms in total. The van der Waals surface area contributed by atoms with E-state index in [1.165, 1.54) is 4.90 Å². The number of hydrazine groups is 1. The minimum atomic E-state index is -0.874. The first-order valence-electron chi connectivity index (χ1n) is 22.3. The predicted octanol–water partition coefficient (Wildman–Crippen LogP) is 7.86. The zero-order chi connectivity index (χ0) is 45.5. The largest absolute Gasteiger partial charge is 0.391 e. The van der Waals surface area contributed by atoms with Crippen LogP contribution in [0.1, 0.15) is 126 Å². The number of carbonyl (C=O) groups excluding carboxylic acids is 5. The molecule has 1 fully saturated rings. The molecule has 338 valence electrons. The average Bonchev–Trinajstić information content (AvgIpc) is 3.88. The summed E-state index contributed by atoms with van der Waals surface area (Å²) in [6.07, 6.45) is 5.92. The highest BCUT2D eigenvalue weighted by Gasteiger charge is 2.44. The number of rotatable bonds is 21. The van der Waals surface area contributed by atoms with Crippen molar-refractivity contribution in [2.24, 2.45) is 5.41 Å². The van der Waals surface area contributed by atoms with E-state index in [9.17, 15) is 29.1 Å². The third-order valence-electron chi connectivity index (χ3n) is 11.3. The Kier molecular flexibility index (Phi) is 18.0. The summed E-state index contributed by atoms with van der Waals surface area (Å²) >= 11 is 1.58. The van der Waals surface area contributed by atoms with Gasteiger partial charge in [0, 0.05) is 43.6 Å². The summed E-state index contributed by atoms with van der Waals surface area (Å²) in [5.41, 5.74) is 12.9. The van der Waals surface area contributed by atoms with Crippen molar-refractivity contribution in [3.05, 3.63) is 95.1 Å². The normalized spacial score (nSPS) is 16.0. The first-order chi connectivity index (χ1) is 30.1. The summed E-state index contributed by atoms with van der Waals surface area (Å²) in [4.78, 5) is 72.5. The summed E-state index contributed by atoms with van der Waals surface area (Å²) in [5.74, 6) is -1.17. The Morgan fingerprint density at radius 3 is 1.98 bits per heavy atom. The molecule has 4 aromatic rings. The molecule has 5 rings (SSSR count). The van der Waals surface area contributed by atoms with Gasteiger partial charge in [-0.05, 0) is 85.0 Å². The van der Waals surface area contributed by atoms with Gasteiger partial charge in [0.25, 0.3) is 5.91 Å². The maximum Gasteiger partial charge on any atom is 0.265 e. The van der Waals surface area contributed by atoms with Crippen LogP contribution in [0.4, 0.5) is 5.69 Å². The quantitative estimate of drug-likeness (QED) is 0.0361. The Bertz CT molecular complexity index is 2130. The molecule has 4 atom stereocenters. The number of benzene rings is 3. The van der Waals surface area contributed by atoms with Crippen molar-refractivity contribution in [2.75, 3.05) is 18.4 Å². The Labute approximate surface area is 376 Å². The number of aliphatic hydroxyl groups excluding tert-OH is 1. The molecule has 0 spiro atoms. The second-order valence-corrected chi connectivity index (χ2v) is 18.4. The molecule has 0 radical (unpaired) electrons. The molecule has 4 unspecified atom stereocenters. The van der Waals surface area contributed by atoms with Crippen LogP contribution in [0.25, 0.3) is 21.6 Å². The van der Waals surface area contributed by atoms with E-state index in [0.29, 0.717) is 24.9 Å². The van der Waals surface area contributed by atoms with E-state index >= 15 is 0 Å². The fourth-order valence-electron chi connectivity index (χ4n) is 7.65. The summed E-state index contributed by atoms with van der Waals surface area (Å²) < 4.78 is 0. The molecular formula is C49H65N7O6S. The topological polar surface area (TPSA) is 182 Å². The van der Waals surface area contributed by atoms with Gasteiger partial charge in [0.1, 0.15) is 12.1 Å². The number of nitrogens with one attached hydrogen (secondary N) is 5. The van der Waals surface area contributed by atoms with E-state index in [2.05, 4.69) is 31.8 Å². The fourth-order valence-corrected chi connectivity index (χ4v) is 8.46. The SMILES string of the molecule is CCCNNC(=O)c1ccc(-c2ccc(NC(=O)CCCCCCCCC(=O)NC(C(=O)N3CC(O)CC3C(=O)NC(C)c3ccc(-c4scnc4C)cc3)C(C)(C)C)cc2)cc1. The van der Waals surface area contributed by atoms with Gasteiger partial charge in [-0.1, -0.05) is 102 Å². The molecule has 1 saturated heterocycles. The van der Waals surface area contributed by atoms with E-state index in [-0.39, 0.29) is 55.0 Å². The van der Waals surface area contributed by atoms with Crippen LogP contribution in [0.2, 0.25) is 0 Å². The van der Waals surface area contributed by atoms with E-state index in [1.807, 2.05) is 108 Å². The molecule has 1 aliphatic rings. The lowest BCUT2D eigenvalue weighted by atomic mass is 9.85. The third-order valence-corrected chi connectivity index (χ3v) is 12.3. The van der Waals surface area contributed by atoms with Gasteiger partial charge in [-0.2, -0.15) is 0 Å². The van der Waals surface area contributed by atoms with Gasteiger partial charge in [-0.3, -0.25) is 29.4 Å². The smallest absolute Gasteiger partial charge is 0.265 e. The summed E-state index contributed by atoms with van der Waals surface area (Å²) in [6.45, 7) is 12.3.